The molecule has 1 aromatic rings. The van der Waals surface area contributed by atoms with Crippen molar-refractivity contribution in [1.82, 2.24) is 19.7 Å². The summed E-state index contributed by atoms with van der Waals surface area (Å²) in [4.78, 5) is 20.4. The summed E-state index contributed by atoms with van der Waals surface area (Å²) < 4.78 is 0.722. The van der Waals surface area contributed by atoms with Crippen LogP contribution in [-0.2, 0) is 0 Å². The molecule has 0 radical (unpaired) electrons. The van der Waals surface area contributed by atoms with Gasteiger partial charge in [-0.1, -0.05) is 6.42 Å². The molecule has 0 amide bonds. The maximum Gasteiger partial charge on any atom is 0.433 e. The third-order valence-electron chi connectivity index (χ3n) is 3.19. The second-order valence-electron chi connectivity index (χ2n) is 4.57. The first-order valence-corrected chi connectivity index (χ1v) is 6.63. The smallest absolute Gasteiger partial charge is 0.433 e. The van der Waals surface area contributed by atoms with E-state index in [4.69, 9.17) is 5.11 Å². The number of carbonyl (C=O) groups is 1. The van der Waals surface area contributed by atoms with E-state index in [2.05, 4.69) is 20.0 Å². The predicted octanol–water partition coefficient (Wildman–Crippen LogP) is 1.47. The molecule has 0 unspecified atom stereocenters. The lowest BCUT2D eigenvalue weighted by molar-refractivity contribution is 0.192. The molecule has 3 heterocycles. The first-order valence-electron chi connectivity index (χ1n) is 6.63. The Balaban J connectivity index is 0.000000148. The fourth-order valence-corrected chi connectivity index (χ4v) is 2.25. The van der Waals surface area contributed by atoms with Crippen molar-refractivity contribution in [3.8, 4) is 0 Å². The maximum atomic E-state index is 9.92. The second-order valence-corrected chi connectivity index (χ2v) is 4.57. The number of amidine groups is 1. The maximum absolute atomic E-state index is 9.92. The second kappa shape index (κ2) is 6.86. The van der Waals surface area contributed by atoms with Crippen LogP contribution in [0.3, 0.4) is 0 Å². The van der Waals surface area contributed by atoms with Crippen LogP contribution in [0.1, 0.15) is 32.1 Å². The number of aliphatic imine (C=N–C) groups is 1. The molecule has 2 aliphatic rings. The van der Waals surface area contributed by atoms with Gasteiger partial charge in [0.2, 0.25) is 0 Å². The van der Waals surface area contributed by atoms with E-state index < -0.39 is 6.09 Å². The molecule has 7 heteroatoms. The van der Waals surface area contributed by atoms with E-state index in [9.17, 15) is 4.79 Å². The average Bonchev–Trinajstić information content (AvgIpc) is 2.85. The van der Waals surface area contributed by atoms with Gasteiger partial charge in [-0.15, -0.1) is 5.10 Å². The Morgan fingerprint density at radius 3 is 2.74 bits per heavy atom. The van der Waals surface area contributed by atoms with Crippen molar-refractivity contribution in [3.05, 3.63) is 12.7 Å². The van der Waals surface area contributed by atoms with Crippen LogP contribution in [0.15, 0.2) is 17.6 Å². The minimum Gasteiger partial charge on any atom is -0.463 e. The molecule has 19 heavy (non-hydrogen) atoms. The van der Waals surface area contributed by atoms with Gasteiger partial charge < -0.3 is 10.0 Å². The van der Waals surface area contributed by atoms with Gasteiger partial charge in [-0.05, 0) is 19.3 Å². The van der Waals surface area contributed by atoms with Crippen LogP contribution in [0.25, 0.3) is 0 Å². The minimum absolute atomic E-state index is 0.722. The summed E-state index contributed by atoms with van der Waals surface area (Å²) in [5, 5.41) is 11.5. The number of aromatic nitrogens is 3. The normalized spacial score (nSPS) is 18.5. The van der Waals surface area contributed by atoms with Gasteiger partial charge in [0.1, 0.15) is 12.7 Å². The molecular weight excluding hydrogens is 246 g/mol. The molecule has 2 aliphatic heterocycles. The third kappa shape index (κ3) is 4.04. The van der Waals surface area contributed by atoms with E-state index in [0.717, 1.165) is 23.9 Å². The molecule has 3 rings (SSSR count). The first kappa shape index (κ1) is 13.5. The summed E-state index contributed by atoms with van der Waals surface area (Å²) in [7, 11) is 0. The topological polar surface area (TPSA) is 83.6 Å². The van der Waals surface area contributed by atoms with Crippen LogP contribution in [0.2, 0.25) is 0 Å². The van der Waals surface area contributed by atoms with Crippen LogP contribution in [0.4, 0.5) is 4.79 Å². The van der Waals surface area contributed by atoms with Crippen LogP contribution >= 0.6 is 0 Å². The third-order valence-corrected chi connectivity index (χ3v) is 3.19. The number of rotatable bonds is 0. The molecule has 0 aliphatic carbocycles. The van der Waals surface area contributed by atoms with E-state index in [1.54, 1.807) is 0 Å². The molecule has 104 valence electrons. The number of hydrogen-bond acceptors (Lipinski definition) is 5. The molecular formula is C12H19N5O2. The molecule has 0 spiro atoms. The zero-order valence-corrected chi connectivity index (χ0v) is 10.9. The van der Waals surface area contributed by atoms with Crippen molar-refractivity contribution in [2.45, 2.75) is 32.1 Å². The lowest BCUT2D eigenvalue weighted by Crippen LogP contribution is -2.34. The van der Waals surface area contributed by atoms with Crippen molar-refractivity contribution in [2.75, 3.05) is 19.6 Å². The van der Waals surface area contributed by atoms with E-state index in [-0.39, 0.29) is 0 Å². The molecule has 0 saturated carbocycles. The zero-order valence-electron chi connectivity index (χ0n) is 10.9. The quantitative estimate of drug-likeness (QED) is 0.768. The first-order chi connectivity index (χ1) is 9.27. The van der Waals surface area contributed by atoms with Gasteiger partial charge in [-0.2, -0.15) is 4.68 Å². The lowest BCUT2D eigenvalue weighted by Gasteiger charge is -2.27. The fraction of sp³-hybridized carbons (Fsp3) is 0.667. The van der Waals surface area contributed by atoms with Gasteiger partial charge in [0.25, 0.3) is 0 Å². The summed E-state index contributed by atoms with van der Waals surface area (Å²) >= 11 is 0. The average molecular weight is 265 g/mol. The monoisotopic (exact) mass is 265 g/mol. The van der Waals surface area contributed by atoms with Gasteiger partial charge in [0.15, 0.2) is 0 Å². The highest BCUT2D eigenvalue weighted by atomic mass is 16.4. The van der Waals surface area contributed by atoms with Crippen molar-refractivity contribution >= 4 is 11.9 Å². The standard InChI is InChI=1S/C9H16N2.C3H3N3O2/c1-2-5-9-10-6-4-8-11(9)7-3-1;7-3(8)6-2-4-1-5-6/h1-8H2;1-2H,(H,7,8). The molecule has 0 aromatic carbocycles. The highest BCUT2D eigenvalue weighted by Gasteiger charge is 2.16. The summed E-state index contributed by atoms with van der Waals surface area (Å²) in [6.07, 6.45) is 7.78. The number of fused-ring (bicyclic) bond motifs is 1. The summed E-state index contributed by atoms with van der Waals surface area (Å²) in [5.74, 6) is 1.40. The minimum atomic E-state index is -1.12. The number of carboxylic acid groups (broad SMARTS) is 1. The van der Waals surface area contributed by atoms with E-state index >= 15 is 0 Å². The van der Waals surface area contributed by atoms with Gasteiger partial charge in [-0.25, -0.2) is 9.78 Å². The predicted molar refractivity (Wildman–Crippen MR) is 70.4 cm³/mol. The molecule has 1 N–H and O–H groups in total. The number of nitrogens with zero attached hydrogens (tertiary/aromatic N) is 5. The summed E-state index contributed by atoms with van der Waals surface area (Å²) in [6.45, 7) is 3.60. The highest BCUT2D eigenvalue weighted by Crippen LogP contribution is 2.15. The largest absolute Gasteiger partial charge is 0.463 e. The van der Waals surface area contributed by atoms with Gasteiger partial charge in [-0.3, -0.25) is 4.99 Å². The van der Waals surface area contributed by atoms with Crippen molar-refractivity contribution < 1.29 is 9.90 Å². The Kier molecular flexibility index (Phi) is 4.88. The molecule has 1 fully saturated rings. The summed E-state index contributed by atoms with van der Waals surface area (Å²) in [5.41, 5.74) is 0. The highest BCUT2D eigenvalue weighted by molar-refractivity contribution is 5.83. The molecule has 0 atom stereocenters. The Morgan fingerprint density at radius 2 is 2.05 bits per heavy atom. The van der Waals surface area contributed by atoms with E-state index in [0.29, 0.717) is 0 Å². The molecule has 1 saturated heterocycles. The Morgan fingerprint density at radius 1 is 1.21 bits per heavy atom. The van der Waals surface area contributed by atoms with Crippen LogP contribution in [0, 0.1) is 0 Å². The number of hydrogen-bond donors (Lipinski definition) is 1. The van der Waals surface area contributed by atoms with Gasteiger partial charge in [0, 0.05) is 26.1 Å². The van der Waals surface area contributed by atoms with Crippen molar-refractivity contribution in [1.29, 1.82) is 0 Å². The SMILES string of the molecule is C1CCC2=NCCCN2CC1.O=C(O)n1cncn1. The summed E-state index contributed by atoms with van der Waals surface area (Å²) in [6, 6.07) is 0. The van der Waals surface area contributed by atoms with Gasteiger partial charge in [0.05, 0.1) is 5.84 Å². The fourth-order valence-electron chi connectivity index (χ4n) is 2.25. The van der Waals surface area contributed by atoms with Crippen molar-refractivity contribution in [2.24, 2.45) is 4.99 Å². The molecule has 1 aromatic heterocycles. The van der Waals surface area contributed by atoms with Crippen LogP contribution in [0.5, 0.6) is 0 Å². The van der Waals surface area contributed by atoms with E-state index in [1.165, 1.54) is 51.0 Å². The zero-order chi connectivity index (χ0) is 13.5. The van der Waals surface area contributed by atoms with Crippen LogP contribution < -0.4 is 0 Å². The van der Waals surface area contributed by atoms with Crippen LogP contribution in [-0.4, -0.2) is 56.3 Å². The Hall–Kier alpha value is -1.92. The Labute approximate surface area is 112 Å². The van der Waals surface area contributed by atoms with E-state index in [1.807, 2.05) is 0 Å². The Bertz CT molecular complexity index is 429. The molecule has 7 nitrogen and oxygen atoms in total. The van der Waals surface area contributed by atoms with Gasteiger partial charge >= 0.3 is 6.09 Å². The lowest BCUT2D eigenvalue weighted by atomic mass is 10.2. The molecule has 0 bridgehead atoms. The van der Waals surface area contributed by atoms with Crippen molar-refractivity contribution in [3.63, 3.8) is 0 Å².